The summed E-state index contributed by atoms with van der Waals surface area (Å²) in [5.41, 5.74) is 1.47. The summed E-state index contributed by atoms with van der Waals surface area (Å²) in [6.45, 7) is 5.50. The molecule has 0 aromatic carbocycles. The van der Waals surface area contributed by atoms with Crippen molar-refractivity contribution >= 4 is 5.71 Å². The fourth-order valence-electron chi connectivity index (χ4n) is 1.70. The van der Waals surface area contributed by atoms with Crippen LogP contribution in [0.5, 0.6) is 0 Å². The van der Waals surface area contributed by atoms with Crippen molar-refractivity contribution < 1.29 is 0 Å². The molecule has 1 atom stereocenters. The molecule has 13 heavy (non-hydrogen) atoms. The normalized spacial score (nSPS) is 19.4. The van der Waals surface area contributed by atoms with Gasteiger partial charge in [-0.2, -0.15) is 0 Å². The molecule has 0 radical (unpaired) electrons. The van der Waals surface area contributed by atoms with Crippen LogP contribution in [-0.4, -0.2) is 12.3 Å². The molecule has 0 N–H and O–H groups in total. The Morgan fingerprint density at radius 1 is 1.54 bits per heavy atom. The molecule has 1 unspecified atom stereocenters. The minimum absolute atomic E-state index is 0.819. The largest absolute Gasteiger partial charge is 0.294 e. The van der Waals surface area contributed by atoms with Gasteiger partial charge in [-0.3, -0.25) is 4.99 Å². The van der Waals surface area contributed by atoms with E-state index in [-0.39, 0.29) is 0 Å². The lowest BCUT2D eigenvalue weighted by atomic mass is 9.99. The highest BCUT2D eigenvalue weighted by Crippen LogP contribution is 2.15. The van der Waals surface area contributed by atoms with Gasteiger partial charge in [-0.15, -0.1) is 0 Å². The lowest BCUT2D eigenvalue weighted by Gasteiger charge is -2.07. The van der Waals surface area contributed by atoms with E-state index in [1.165, 1.54) is 37.8 Å². The average Bonchev–Trinajstić information content (AvgIpc) is 2.64. The Kier molecular flexibility index (Phi) is 4.81. The van der Waals surface area contributed by atoms with Crippen LogP contribution in [-0.2, 0) is 0 Å². The molecule has 0 aromatic heterocycles. The second kappa shape index (κ2) is 5.95. The van der Waals surface area contributed by atoms with Crippen LogP contribution in [0.1, 0.15) is 46.0 Å². The molecule has 0 spiro atoms. The van der Waals surface area contributed by atoms with E-state index < -0.39 is 0 Å². The Labute approximate surface area is 82.0 Å². The molecule has 1 heteroatoms. The van der Waals surface area contributed by atoms with E-state index in [2.05, 4.69) is 31.0 Å². The molecule has 1 nitrogen and oxygen atoms in total. The summed E-state index contributed by atoms with van der Waals surface area (Å²) in [4.78, 5) is 4.49. The molecule has 0 amide bonds. The molecule has 1 aliphatic heterocycles. The van der Waals surface area contributed by atoms with Crippen LogP contribution < -0.4 is 0 Å². The van der Waals surface area contributed by atoms with E-state index >= 15 is 0 Å². The van der Waals surface area contributed by atoms with Crippen molar-refractivity contribution in [1.29, 1.82) is 0 Å². The van der Waals surface area contributed by atoms with Crippen molar-refractivity contribution in [2.75, 3.05) is 6.54 Å². The molecule has 1 rings (SSSR count). The highest BCUT2D eigenvalue weighted by Gasteiger charge is 2.07. The second-order valence-corrected chi connectivity index (χ2v) is 4.00. The van der Waals surface area contributed by atoms with Gasteiger partial charge in [0.15, 0.2) is 0 Å². The molecule has 0 fully saturated rings. The van der Waals surface area contributed by atoms with E-state index in [1.807, 2.05) is 0 Å². The lowest BCUT2D eigenvalue weighted by molar-refractivity contribution is 0.552. The zero-order valence-corrected chi connectivity index (χ0v) is 8.92. The van der Waals surface area contributed by atoms with Crippen LogP contribution in [0.4, 0.5) is 0 Å². The van der Waals surface area contributed by atoms with Crippen molar-refractivity contribution in [3.8, 4) is 0 Å². The summed E-state index contributed by atoms with van der Waals surface area (Å²) in [6, 6.07) is 0. The topological polar surface area (TPSA) is 12.4 Å². The molecule has 0 saturated heterocycles. The average molecular weight is 179 g/mol. The Bertz CT molecular complexity index is 191. The second-order valence-electron chi connectivity index (χ2n) is 4.00. The minimum atomic E-state index is 0.819. The van der Waals surface area contributed by atoms with Crippen LogP contribution >= 0.6 is 0 Å². The summed E-state index contributed by atoms with van der Waals surface area (Å²) in [6.07, 6.45) is 10.7. The first-order chi connectivity index (χ1) is 6.33. The highest BCUT2D eigenvalue weighted by atomic mass is 14.8. The smallest absolute Gasteiger partial charge is 0.0392 e. The number of hydrogen-bond acceptors (Lipinski definition) is 1. The molecule has 0 bridgehead atoms. The summed E-state index contributed by atoms with van der Waals surface area (Å²) in [7, 11) is 0. The molecule has 74 valence electrons. The Morgan fingerprint density at radius 2 is 2.38 bits per heavy atom. The van der Waals surface area contributed by atoms with Crippen LogP contribution in [0.2, 0.25) is 0 Å². The van der Waals surface area contributed by atoms with E-state index in [0.29, 0.717) is 0 Å². The fraction of sp³-hybridized carbons (Fsp3) is 0.750. The predicted molar refractivity (Wildman–Crippen MR) is 59.4 cm³/mol. The maximum absolute atomic E-state index is 4.49. The molecule has 0 saturated carbocycles. The van der Waals surface area contributed by atoms with Gasteiger partial charge in [-0.1, -0.05) is 19.1 Å². The van der Waals surface area contributed by atoms with Gasteiger partial charge < -0.3 is 0 Å². The van der Waals surface area contributed by atoms with Crippen LogP contribution in [0.3, 0.4) is 0 Å². The Hall–Kier alpha value is -0.590. The molecular formula is C12H21N. The van der Waals surface area contributed by atoms with E-state index in [1.54, 1.807) is 0 Å². The molecular weight excluding hydrogens is 158 g/mol. The van der Waals surface area contributed by atoms with Crippen molar-refractivity contribution in [3.05, 3.63) is 12.2 Å². The zero-order chi connectivity index (χ0) is 9.52. The maximum atomic E-state index is 4.49. The summed E-state index contributed by atoms with van der Waals surface area (Å²) < 4.78 is 0. The molecule has 0 aromatic rings. The first-order valence-electron chi connectivity index (χ1n) is 5.46. The number of rotatable bonds is 5. The Balaban J connectivity index is 2.10. The molecule has 1 heterocycles. The van der Waals surface area contributed by atoms with Crippen LogP contribution in [0.15, 0.2) is 17.1 Å². The van der Waals surface area contributed by atoms with E-state index in [4.69, 9.17) is 0 Å². The number of hydrogen-bond donors (Lipinski definition) is 0. The first-order valence-corrected chi connectivity index (χ1v) is 5.46. The lowest BCUT2D eigenvalue weighted by Crippen LogP contribution is -1.99. The van der Waals surface area contributed by atoms with Crippen LogP contribution in [0.25, 0.3) is 0 Å². The fourth-order valence-corrected chi connectivity index (χ4v) is 1.70. The minimum Gasteiger partial charge on any atom is -0.294 e. The van der Waals surface area contributed by atoms with Gasteiger partial charge in [0.1, 0.15) is 0 Å². The highest BCUT2D eigenvalue weighted by molar-refractivity contribution is 5.85. The number of allylic oxidation sites excluding steroid dienone is 2. The SMILES string of the molecule is CC=CCC(C)CCC1=NCCC1. The Morgan fingerprint density at radius 3 is 3.00 bits per heavy atom. The van der Waals surface area contributed by atoms with Gasteiger partial charge in [0, 0.05) is 12.3 Å². The first kappa shape index (κ1) is 10.5. The number of nitrogens with zero attached hydrogens (tertiary/aromatic N) is 1. The van der Waals surface area contributed by atoms with Crippen LogP contribution in [0, 0.1) is 5.92 Å². The van der Waals surface area contributed by atoms with Gasteiger partial charge >= 0.3 is 0 Å². The van der Waals surface area contributed by atoms with Crippen molar-refractivity contribution in [2.24, 2.45) is 10.9 Å². The third-order valence-electron chi connectivity index (χ3n) is 2.66. The van der Waals surface area contributed by atoms with Crippen molar-refractivity contribution in [2.45, 2.75) is 46.0 Å². The standard InChI is InChI=1S/C12H21N/c1-3-4-6-11(2)8-9-12-7-5-10-13-12/h3-4,11H,5-10H2,1-2H3. The van der Waals surface area contributed by atoms with Gasteiger partial charge in [0.2, 0.25) is 0 Å². The summed E-state index contributed by atoms with van der Waals surface area (Å²) in [5, 5.41) is 0. The summed E-state index contributed by atoms with van der Waals surface area (Å²) in [5.74, 6) is 0.819. The monoisotopic (exact) mass is 179 g/mol. The third kappa shape index (κ3) is 4.25. The van der Waals surface area contributed by atoms with Crippen molar-refractivity contribution in [3.63, 3.8) is 0 Å². The summed E-state index contributed by atoms with van der Waals surface area (Å²) >= 11 is 0. The number of aliphatic imine (C=N–C) groups is 1. The van der Waals surface area contributed by atoms with E-state index in [9.17, 15) is 0 Å². The van der Waals surface area contributed by atoms with Crippen molar-refractivity contribution in [1.82, 2.24) is 0 Å². The van der Waals surface area contributed by atoms with Gasteiger partial charge in [-0.05, 0) is 44.9 Å². The van der Waals surface area contributed by atoms with E-state index in [0.717, 1.165) is 12.5 Å². The third-order valence-corrected chi connectivity index (χ3v) is 2.66. The van der Waals surface area contributed by atoms with Gasteiger partial charge in [-0.25, -0.2) is 0 Å². The maximum Gasteiger partial charge on any atom is 0.0392 e. The predicted octanol–water partition coefficient (Wildman–Crippen LogP) is 3.60. The quantitative estimate of drug-likeness (QED) is 0.572. The zero-order valence-electron chi connectivity index (χ0n) is 8.92. The molecule has 0 aliphatic carbocycles. The van der Waals surface area contributed by atoms with Gasteiger partial charge in [0.25, 0.3) is 0 Å². The molecule has 1 aliphatic rings. The van der Waals surface area contributed by atoms with Gasteiger partial charge in [0.05, 0.1) is 0 Å².